The van der Waals surface area contributed by atoms with Crippen molar-refractivity contribution in [2.75, 3.05) is 31.3 Å². The fourth-order valence-electron chi connectivity index (χ4n) is 2.85. The zero-order valence-corrected chi connectivity index (χ0v) is 14.0. The van der Waals surface area contributed by atoms with E-state index in [1.807, 2.05) is 11.9 Å². The molecule has 22 heavy (non-hydrogen) atoms. The zero-order chi connectivity index (χ0) is 16.7. The van der Waals surface area contributed by atoms with Gasteiger partial charge in [-0.3, -0.25) is 15.0 Å². The number of sulfone groups is 1. The molecule has 1 saturated heterocycles. The summed E-state index contributed by atoms with van der Waals surface area (Å²) in [5.74, 6) is 0. The van der Waals surface area contributed by atoms with Gasteiger partial charge in [-0.05, 0) is 33.0 Å². The van der Waals surface area contributed by atoms with Crippen LogP contribution in [0.1, 0.15) is 13.8 Å². The number of rotatable bonds is 3. The first-order valence-electron chi connectivity index (χ1n) is 7.07. The van der Waals surface area contributed by atoms with Gasteiger partial charge < -0.3 is 4.90 Å². The van der Waals surface area contributed by atoms with Crippen molar-refractivity contribution in [2.24, 2.45) is 0 Å². The average Bonchev–Trinajstić information content (AvgIpc) is 2.42. The molecule has 2 rings (SSSR count). The fraction of sp³-hybridized carbons (Fsp3) is 0.571. The van der Waals surface area contributed by atoms with Gasteiger partial charge in [-0.15, -0.1) is 0 Å². The maximum atomic E-state index is 11.8. The number of piperazine rings is 1. The van der Waals surface area contributed by atoms with Crippen LogP contribution in [0.3, 0.4) is 0 Å². The summed E-state index contributed by atoms with van der Waals surface area (Å²) in [6.07, 6.45) is 0.994. The number of hydrogen-bond acceptors (Lipinski definition) is 6. The van der Waals surface area contributed by atoms with E-state index in [0.29, 0.717) is 18.8 Å². The maximum Gasteiger partial charge on any atom is 0.311 e. The molecule has 1 fully saturated rings. The molecule has 1 aliphatic heterocycles. The molecule has 0 radical (unpaired) electrons. The van der Waals surface area contributed by atoms with Crippen molar-refractivity contribution in [3.05, 3.63) is 28.3 Å². The van der Waals surface area contributed by atoms with Gasteiger partial charge in [0.05, 0.1) is 4.92 Å². The summed E-state index contributed by atoms with van der Waals surface area (Å²) in [5.41, 5.74) is 0.0497. The molecule has 0 N–H and O–H groups in total. The number of likely N-dealkylation sites (N-methyl/N-ethyl adjacent to an activating group) is 1. The molecule has 7 nitrogen and oxygen atoms in total. The highest BCUT2D eigenvalue weighted by molar-refractivity contribution is 7.90. The quantitative estimate of drug-likeness (QED) is 0.618. The number of hydrogen-bond donors (Lipinski definition) is 0. The summed E-state index contributed by atoms with van der Waals surface area (Å²) in [5, 5.41) is 11.5. The van der Waals surface area contributed by atoms with Crippen LogP contribution in [0.15, 0.2) is 23.1 Å². The maximum absolute atomic E-state index is 11.8. The van der Waals surface area contributed by atoms with Crippen molar-refractivity contribution < 1.29 is 13.3 Å². The Morgan fingerprint density at radius 1 is 1.23 bits per heavy atom. The summed E-state index contributed by atoms with van der Waals surface area (Å²) in [7, 11) is -1.63. The zero-order valence-electron chi connectivity index (χ0n) is 13.2. The van der Waals surface area contributed by atoms with Crippen molar-refractivity contribution in [1.29, 1.82) is 0 Å². The van der Waals surface area contributed by atoms with E-state index in [1.165, 1.54) is 6.07 Å². The Balaban J connectivity index is 2.54. The molecular formula is C14H21N3O4S. The van der Waals surface area contributed by atoms with E-state index in [2.05, 4.69) is 18.7 Å². The van der Waals surface area contributed by atoms with E-state index in [-0.39, 0.29) is 22.7 Å². The SMILES string of the molecule is CC1CN(c2cccc(S(C)(=O)=O)c2[N+](=O)[O-])CC(C)N1C. The van der Waals surface area contributed by atoms with Gasteiger partial charge >= 0.3 is 5.69 Å². The van der Waals surface area contributed by atoms with Crippen LogP contribution in [0.2, 0.25) is 0 Å². The van der Waals surface area contributed by atoms with Crippen molar-refractivity contribution in [2.45, 2.75) is 30.8 Å². The van der Waals surface area contributed by atoms with E-state index >= 15 is 0 Å². The van der Waals surface area contributed by atoms with E-state index in [1.54, 1.807) is 12.1 Å². The second-order valence-electron chi connectivity index (χ2n) is 5.92. The molecule has 1 aromatic rings. The molecule has 0 aromatic heterocycles. The van der Waals surface area contributed by atoms with Crippen LogP contribution >= 0.6 is 0 Å². The Morgan fingerprint density at radius 3 is 2.23 bits per heavy atom. The topological polar surface area (TPSA) is 83.8 Å². The highest BCUT2D eigenvalue weighted by Crippen LogP contribution is 2.36. The van der Waals surface area contributed by atoms with Crippen LogP contribution in [0.5, 0.6) is 0 Å². The highest BCUT2D eigenvalue weighted by atomic mass is 32.2. The first-order valence-corrected chi connectivity index (χ1v) is 8.96. The lowest BCUT2D eigenvalue weighted by Gasteiger charge is -2.43. The Bertz CT molecular complexity index is 677. The minimum atomic E-state index is -3.66. The third-order valence-corrected chi connectivity index (χ3v) is 5.39. The first-order chi connectivity index (χ1) is 10.1. The second-order valence-corrected chi connectivity index (χ2v) is 7.91. The van der Waals surface area contributed by atoms with Gasteiger partial charge in [0.1, 0.15) is 10.6 Å². The van der Waals surface area contributed by atoms with Gasteiger partial charge in [0.25, 0.3) is 0 Å². The van der Waals surface area contributed by atoms with E-state index in [0.717, 1.165) is 6.26 Å². The van der Waals surface area contributed by atoms with Crippen LogP contribution < -0.4 is 4.90 Å². The van der Waals surface area contributed by atoms with Crippen molar-refractivity contribution in [1.82, 2.24) is 4.90 Å². The lowest BCUT2D eigenvalue weighted by Crippen LogP contribution is -2.55. The highest BCUT2D eigenvalue weighted by Gasteiger charge is 2.33. The Kier molecular flexibility index (Phi) is 4.44. The normalized spacial score (nSPS) is 23.5. The van der Waals surface area contributed by atoms with Gasteiger partial charge in [0, 0.05) is 31.4 Å². The van der Waals surface area contributed by atoms with E-state index in [9.17, 15) is 18.5 Å². The van der Waals surface area contributed by atoms with Gasteiger partial charge in [0.15, 0.2) is 9.84 Å². The lowest BCUT2D eigenvalue weighted by atomic mass is 10.1. The van der Waals surface area contributed by atoms with Gasteiger partial charge in [-0.1, -0.05) is 6.07 Å². The molecule has 0 saturated carbocycles. The van der Waals surface area contributed by atoms with Crippen LogP contribution in [0, 0.1) is 10.1 Å². The Labute approximate surface area is 130 Å². The number of nitrogens with zero attached hydrogens (tertiary/aromatic N) is 3. The van der Waals surface area contributed by atoms with Crippen molar-refractivity contribution in [3.63, 3.8) is 0 Å². The minimum absolute atomic E-state index is 0.227. The van der Waals surface area contributed by atoms with Crippen molar-refractivity contribution >= 4 is 21.2 Å². The number of benzene rings is 1. The molecular weight excluding hydrogens is 306 g/mol. The monoisotopic (exact) mass is 327 g/mol. The number of nitro benzene ring substituents is 1. The van der Waals surface area contributed by atoms with Crippen LogP contribution in [0.25, 0.3) is 0 Å². The van der Waals surface area contributed by atoms with Crippen LogP contribution in [-0.4, -0.2) is 56.7 Å². The molecule has 0 amide bonds. The van der Waals surface area contributed by atoms with Gasteiger partial charge in [-0.2, -0.15) is 0 Å². The molecule has 2 atom stereocenters. The van der Waals surface area contributed by atoms with Gasteiger partial charge in [-0.25, -0.2) is 8.42 Å². The Morgan fingerprint density at radius 2 is 1.77 bits per heavy atom. The second kappa shape index (κ2) is 5.85. The molecule has 0 aliphatic carbocycles. The summed E-state index contributed by atoms with van der Waals surface area (Å²) < 4.78 is 23.7. The molecule has 2 unspecified atom stereocenters. The predicted octanol–water partition coefficient (Wildman–Crippen LogP) is 1.53. The summed E-state index contributed by atoms with van der Waals surface area (Å²) in [6, 6.07) is 4.93. The van der Waals surface area contributed by atoms with Crippen LogP contribution in [-0.2, 0) is 9.84 Å². The Hall–Kier alpha value is -1.67. The minimum Gasteiger partial charge on any atom is -0.363 e. The molecule has 1 aromatic carbocycles. The molecule has 0 spiro atoms. The molecule has 122 valence electrons. The molecule has 1 heterocycles. The van der Waals surface area contributed by atoms with Crippen molar-refractivity contribution in [3.8, 4) is 0 Å². The van der Waals surface area contributed by atoms with Gasteiger partial charge in [0.2, 0.25) is 0 Å². The van der Waals surface area contributed by atoms with Crippen LogP contribution in [0.4, 0.5) is 11.4 Å². The standard InChI is InChI=1S/C14H21N3O4S/c1-10-8-16(9-11(2)15(10)3)12-6-5-7-13(22(4,20)21)14(12)17(18)19/h5-7,10-11H,8-9H2,1-4H3. The third-order valence-electron chi connectivity index (χ3n) is 4.26. The summed E-state index contributed by atoms with van der Waals surface area (Å²) >= 11 is 0. The number of para-hydroxylation sites is 1. The number of anilines is 1. The fourth-order valence-corrected chi connectivity index (χ4v) is 3.71. The first kappa shape index (κ1) is 16.7. The third kappa shape index (κ3) is 3.07. The largest absolute Gasteiger partial charge is 0.363 e. The molecule has 1 aliphatic rings. The van der Waals surface area contributed by atoms with E-state index < -0.39 is 14.8 Å². The number of nitro groups is 1. The smallest absolute Gasteiger partial charge is 0.311 e. The lowest BCUT2D eigenvalue weighted by molar-refractivity contribution is -0.387. The average molecular weight is 327 g/mol. The predicted molar refractivity (Wildman–Crippen MR) is 85.1 cm³/mol. The molecule has 8 heteroatoms. The van der Waals surface area contributed by atoms with E-state index in [4.69, 9.17) is 0 Å². The summed E-state index contributed by atoms with van der Waals surface area (Å²) in [4.78, 5) is 14.8. The molecule has 0 bridgehead atoms. The summed E-state index contributed by atoms with van der Waals surface area (Å²) in [6.45, 7) is 5.34.